The zero-order valence-electron chi connectivity index (χ0n) is 10.5. The van der Waals surface area contributed by atoms with Gasteiger partial charge in [-0.05, 0) is 67.2 Å². The Balaban J connectivity index is 1.95. The van der Waals surface area contributed by atoms with Gasteiger partial charge < -0.3 is 10.6 Å². The molecule has 1 heterocycles. The fourth-order valence-corrected chi connectivity index (χ4v) is 2.71. The van der Waals surface area contributed by atoms with E-state index in [1.165, 1.54) is 31.2 Å². The Bertz CT molecular complexity index is 373. The van der Waals surface area contributed by atoms with Gasteiger partial charge in [-0.2, -0.15) is 0 Å². The van der Waals surface area contributed by atoms with Gasteiger partial charge in [-0.25, -0.2) is 4.98 Å². The van der Waals surface area contributed by atoms with E-state index in [1.54, 1.807) is 0 Å². The van der Waals surface area contributed by atoms with E-state index < -0.39 is 0 Å². The number of anilines is 1. The van der Waals surface area contributed by atoms with Gasteiger partial charge in [-0.3, -0.25) is 0 Å². The summed E-state index contributed by atoms with van der Waals surface area (Å²) in [5, 5.41) is 6.90. The molecular weight excluding hydrogens is 278 g/mol. The quantitative estimate of drug-likeness (QED) is 0.900. The molecule has 1 saturated carbocycles. The highest BCUT2D eigenvalue weighted by molar-refractivity contribution is 9.10. The zero-order valence-corrected chi connectivity index (χ0v) is 12.0. The molecule has 94 valence electrons. The van der Waals surface area contributed by atoms with Crippen LogP contribution in [-0.2, 0) is 0 Å². The van der Waals surface area contributed by atoms with Crippen LogP contribution in [0.4, 0.5) is 5.82 Å². The van der Waals surface area contributed by atoms with Crippen molar-refractivity contribution >= 4 is 21.7 Å². The molecule has 1 aliphatic rings. The second-order valence-corrected chi connectivity index (χ2v) is 5.56. The first kappa shape index (κ1) is 12.8. The lowest BCUT2D eigenvalue weighted by Gasteiger charge is -2.29. The monoisotopic (exact) mass is 297 g/mol. The maximum Gasteiger partial charge on any atom is 0.140 e. The van der Waals surface area contributed by atoms with Crippen molar-refractivity contribution in [2.45, 2.75) is 44.7 Å². The molecule has 0 atom stereocenters. The van der Waals surface area contributed by atoms with E-state index in [-0.39, 0.29) is 0 Å². The Labute approximate surface area is 112 Å². The largest absolute Gasteiger partial charge is 0.366 e. The third-order valence-electron chi connectivity index (χ3n) is 3.56. The van der Waals surface area contributed by atoms with Crippen molar-refractivity contribution in [2.75, 3.05) is 12.4 Å². The first-order valence-electron chi connectivity index (χ1n) is 6.25. The molecule has 0 bridgehead atoms. The van der Waals surface area contributed by atoms with Gasteiger partial charge in [0.05, 0.1) is 4.47 Å². The molecule has 4 heteroatoms. The van der Waals surface area contributed by atoms with Crippen LogP contribution in [0.25, 0.3) is 0 Å². The molecule has 0 saturated heterocycles. The Hall–Kier alpha value is -0.610. The summed E-state index contributed by atoms with van der Waals surface area (Å²) in [5.41, 5.74) is 1.23. The van der Waals surface area contributed by atoms with Crippen molar-refractivity contribution in [1.82, 2.24) is 10.3 Å². The van der Waals surface area contributed by atoms with Gasteiger partial charge in [0, 0.05) is 18.3 Å². The van der Waals surface area contributed by atoms with Crippen LogP contribution in [0.2, 0.25) is 0 Å². The minimum atomic E-state index is 0.560. The molecule has 2 rings (SSSR count). The third kappa shape index (κ3) is 3.19. The zero-order chi connectivity index (χ0) is 12.3. The van der Waals surface area contributed by atoms with Crippen molar-refractivity contribution in [2.24, 2.45) is 0 Å². The lowest BCUT2D eigenvalue weighted by atomic mass is 9.91. The number of aromatic nitrogens is 1. The Morgan fingerprint density at radius 3 is 2.53 bits per heavy atom. The van der Waals surface area contributed by atoms with Gasteiger partial charge in [0.2, 0.25) is 0 Å². The molecule has 0 spiro atoms. The summed E-state index contributed by atoms with van der Waals surface area (Å²) in [6.07, 6.45) is 6.79. The second-order valence-electron chi connectivity index (χ2n) is 4.77. The summed E-state index contributed by atoms with van der Waals surface area (Å²) >= 11 is 3.60. The molecule has 0 aliphatic heterocycles. The lowest BCUT2D eigenvalue weighted by Crippen LogP contribution is -2.35. The van der Waals surface area contributed by atoms with E-state index in [9.17, 15) is 0 Å². The summed E-state index contributed by atoms with van der Waals surface area (Å²) in [6.45, 7) is 2.09. The standard InChI is InChI=1S/C13H20BrN3/c1-9-7-8-16-13(12(9)14)17-11-5-3-10(15-2)4-6-11/h7-8,10-11,15H,3-6H2,1-2H3,(H,16,17). The molecule has 0 aromatic carbocycles. The van der Waals surface area contributed by atoms with E-state index in [1.807, 2.05) is 12.3 Å². The molecule has 0 amide bonds. The molecule has 1 aromatic rings. The van der Waals surface area contributed by atoms with Crippen LogP contribution in [-0.4, -0.2) is 24.1 Å². The highest BCUT2D eigenvalue weighted by atomic mass is 79.9. The highest BCUT2D eigenvalue weighted by Crippen LogP contribution is 2.27. The smallest absolute Gasteiger partial charge is 0.140 e. The number of halogens is 1. The van der Waals surface area contributed by atoms with Gasteiger partial charge in [0.15, 0.2) is 0 Å². The first-order chi connectivity index (χ1) is 8.20. The maximum atomic E-state index is 4.40. The fraction of sp³-hybridized carbons (Fsp3) is 0.615. The number of hydrogen-bond acceptors (Lipinski definition) is 3. The molecule has 1 fully saturated rings. The lowest BCUT2D eigenvalue weighted by molar-refractivity contribution is 0.371. The maximum absolute atomic E-state index is 4.40. The van der Waals surface area contributed by atoms with Crippen molar-refractivity contribution in [1.29, 1.82) is 0 Å². The van der Waals surface area contributed by atoms with E-state index in [0.29, 0.717) is 12.1 Å². The van der Waals surface area contributed by atoms with Gasteiger partial charge in [0.25, 0.3) is 0 Å². The summed E-state index contributed by atoms with van der Waals surface area (Å²) in [7, 11) is 2.05. The molecule has 1 aromatic heterocycles. The van der Waals surface area contributed by atoms with Gasteiger partial charge in [0.1, 0.15) is 5.82 Å². The fourth-order valence-electron chi connectivity index (χ4n) is 2.36. The number of nitrogens with one attached hydrogen (secondary N) is 2. The van der Waals surface area contributed by atoms with Crippen LogP contribution in [0.1, 0.15) is 31.2 Å². The highest BCUT2D eigenvalue weighted by Gasteiger charge is 2.20. The predicted molar refractivity (Wildman–Crippen MR) is 75.4 cm³/mol. The molecular formula is C13H20BrN3. The van der Waals surface area contributed by atoms with Crippen molar-refractivity contribution < 1.29 is 0 Å². The Kier molecular flexibility index (Phi) is 4.40. The molecule has 3 nitrogen and oxygen atoms in total. The Morgan fingerprint density at radius 2 is 1.88 bits per heavy atom. The summed E-state index contributed by atoms with van der Waals surface area (Å²) in [6, 6.07) is 3.28. The SMILES string of the molecule is CNC1CCC(Nc2nccc(C)c2Br)CC1. The van der Waals surface area contributed by atoms with Gasteiger partial charge >= 0.3 is 0 Å². The van der Waals surface area contributed by atoms with Crippen LogP contribution in [0, 0.1) is 6.92 Å². The third-order valence-corrected chi connectivity index (χ3v) is 4.56. The average molecular weight is 298 g/mol. The summed E-state index contributed by atoms with van der Waals surface area (Å²) < 4.78 is 1.09. The van der Waals surface area contributed by atoms with Crippen LogP contribution >= 0.6 is 15.9 Å². The summed E-state index contributed by atoms with van der Waals surface area (Å²) in [4.78, 5) is 4.40. The normalized spacial score (nSPS) is 24.6. The molecule has 0 unspecified atom stereocenters. The topological polar surface area (TPSA) is 37.0 Å². The van der Waals surface area contributed by atoms with E-state index >= 15 is 0 Å². The van der Waals surface area contributed by atoms with Crippen molar-refractivity contribution in [3.05, 3.63) is 22.3 Å². The van der Waals surface area contributed by atoms with E-state index in [4.69, 9.17) is 0 Å². The van der Waals surface area contributed by atoms with Crippen LogP contribution in [0.15, 0.2) is 16.7 Å². The Morgan fingerprint density at radius 1 is 1.24 bits per heavy atom. The molecule has 2 N–H and O–H groups in total. The minimum absolute atomic E-state index is 0.560. The van der Waals surface area contributed by atoms with Crippen molar-refractivity contribution in [3.63, 3.8) is 0 Å². The van der Waals surface area contributed by atoms with Crippen molar-refractivity contribution in [3.8, 4) is 0 Å². The predicted octanol–water partition coefficient (Wildman–Crippen LogP) is 3.10. The molecule has 1 aliphatic carbocycles. The number of pyridine rings is 1. The number of rotatable bonds is 3. The summed E-state index contributed by atoms with van der Waals surface area (Å²) in [5.74, 6) is 0.984. The molecule has 17 heavy (non-hydrogen) atoms. The van der Waals surface area contributed by atoms with Gasteiger partial charge in [-0.1, -0.05) is 0 Å². The average Bonchev–Trinajstić information content (AvgIpc) is 2.36. The first-order valence-corrected chi connectivity index (χ1v) is 7.05. The number of nitrogens with zero attached hydrogens (tertiary/aromatic N) is 1. The van der Waals surface area contributed by atoms with E-state index in [2.05, 4.69) is 45.5 Å². The minimum Gasteiger partial charge on any atom is -0.366 e. The van der Waals surface area contributed by atoms with Gasteiger partial charge in [-0.15, -0.1) is 0 Å². The molecule has 0 radical (unpaired) electrons. The van der Waals surface area contributed by atoms with Crippen LogP contribution < -0.4 is 10.6 Å². The second kappa shape index (κ2) is 5.83. The van der Waals surface area contributed by atoms with Crippen LogP contribution in [0.3, 0.4) is 0 Å². The van der Waals surface area contributed by atoms with Crippen LogP contribution in [0.5, 0.6) is 0 Å². The number of aryl methyl sites for hydroxylation is 1. The van der Waals surface area contributed by atoms with E-state index in [0.717, 1.165) is 10.3 Å². The number of hydrogen-bond donors (Lipinski definition) is 2.